The Morgan fingerprint density at radius 3 is 2.67 bits per heavy atom. The van der Waals surface area contributed by atoms with Crippen LogP contribution in [-0.2, 0) is 0 Å². The highest BCUT2D eigenvalue weighted by atomic mass is 19.1. The van der Waals surface area contributed by atoms with E-state index in [-0.39, 0.29) is 22.7 Å². The van der Waals surface area contributed by atoms with Gasteiger partial charge in [-0.1, -0.05) is 0 Å². The van der Waals surface area contributed by atoms with Crippen LogP contribution in [-0.4, -0.2) is 28.4 Å². The number of halogens is 2. The third-order valence-electron chi connectivity index (χ3n) is 2.31. The van der Waals surface area contributed by atoms with Crippen LogP contribution in [0.15, 0.2) is 18.2 Å². The molecule has 7 heteroatoms. The van der Waals surface area contributed by atoms with Gasteiger partial charge in [0.05, 0.1) is 12.8 Å². The summed E-state index contributed by atoms with van der Waals surface area (Å²) in [5.41, 5.74) is -0.397. The number of aromatic carboxylic acids is 1. The fourth-order valence-corrected chi connectivity index (χ4v) is 1.47. The number of nitrogens with zero attached hydrogens (tertiary/aromatic N) is 1. The Labute approximate surface area is 100 Å². The first-order chi connectivity index (χ1) is 8.52. The molecule has 18 heavy (non-hydrogen) atoms. The summed E-state index contributed by atoms with van der Waals surface area (Å²) in [6.07, 6.45) is 0. The number of carbonyl (C=O) groups is 1. The highest BCUT2D eigenvalue weighted by molar-refractivity contribution is 5.86. The van der Waals surface area contributed by atoms with Crippen LogP contribution in [0.5, 0.6) is 5.75 Å². The van der Waals surface area contributed by atoms with Gasteiger partial charge in [-0.15, -0.1) is 0 Å². The number of hydrogen-bond acceptors (Lipinski definition) is 3. The van der Waals surface area contributed by atoms with Crippen molar-refractivity contribution < 1.29 is 23.4 Å². The van der Waals surface area contributed by atoms with Crippen LogP contribution in [0.25, 0.3) is 11.3 Å². The van der Waals surface area contributed by atoms with Gasteiger partial charge in [0.25, 0.3) is 0 Å². The van der Waals surface area contributed by atoms with Gasteiger partial charge in [-0.25, -0.2) is 13.6 Å². The summed E-state index contributed by atoms with van der Waals surface area (Å²) >= 11 is 0. The van der Waals surface area contributed by atoms with E-state index in [2.05, 4.69) is 14.9 Å². The minimum absolute atomic E-state index is 0.0114. The number of methoxy groups -OCH3 is 1. The van der Waals surface area contributed by atoms with Crippen LogP contribution in [0.2, 0.25) is 0 Å². The maximum absolute atomic E-state index is 13.9. The lowest BCUT2D eigenvalue weighted by Crippen LogP contribution is -1.95. The molecule has 1 heterocycles. The molecule has 0 bridgehead atoms. The SMILES string of the molecule is COc1cc(F)cc(-c2cc(C(=O)O)[nH]n2)c1F. The van der Waals surface area contributed by atoms with Crippen molar-refractivity contribution in [2.24, 2.45) is 0 Å². The number of rotatable bonds is 3. The molecule has 0 atom stereocenters. The molecule has 5 nitrogen and oxygen atoms in total. The lowest BCUT2D eigenvalue weighted by atomic mass is 10.1. The molecular weight excluding hydrogens is 246 g/mol. The molecule has 0 aliphatic heterocycles. The third kappa shape index (κ3) is 2.02. The normalized spacial score (nSPS) is 10.4. The van der Waals surface area contributed by atoms with Crippen molar-refractivity contribution in [3.63, 3.8) is 0 Å². The number of H-pyrrole nitrogens is 1. The van der Waals surface area contributed by atoms with Gasteiger partial charge < -0.3 is 9.84 Å². The zero-order valence-electron chi connectivity index (χ0n) is 9.20. The van der Waals surface area contributed by atoms with Gasteiger partial charge >= 0.3 is 5.97 Å². The topological polar surface area (TPSA) is 75.2 Å². The quantitative estimate of drug-likeness (QED) is 0.879. The average Bonchev–Trinajstić information content (AvgIpc) is 2.81. The first kappa shape index (κ1) is 12.0. The Kier molecular flexibility index (Phi) is 2.97. The predicted octanol–water partition coefficient (Wildman–Crippen LogP) is 2.06. The van der Waals surface area contributed by atoms with Crippen LogP contribution < -0.4 is 4.74 Å². The molecule has 1 aromatic heterocycles. The Morgan fingerprint density at radius 2 is 2.11 bits per heavy atom. The Hall–Kier alpha value is -2.44. The molecule has 0 spiro atoms. The zero-order chi connectivity index (χ0) is 13.3. The van der Waals surface area contributed by atoms with Crippen molar-refractivity contribution in [1.29, 1.82) is 0 Å². The molecule has 2 N–H and O–H groups in total. The van der Waals surface area contributed by atoms with E-state index >= 15 is 0 Å². The third-order valence-corrected chi connectivity index (χ3v) is 2.31. The van der Waals surface area contributed by atoms with E-state index in [9.17, 15) is 13.6 Å². The fraction of sp³-hybridized carbons (Fsp3) is 0.0909. The van der Waals surface area contributed by atoms with Gasteiger partial charge in [-0.2, -0.15) is 5.10 Å². The summed E-state index contributed by atoms with van der Waals surface area (Å²) in [4.78, 5) is 10.7. The first-order valence-electron chi connectivity index (χ1n) is 4.85. The molecule has 0 saturated carbocycles. The molecule has 0 fully saturated rings. The molecule has 94 valence electrons. The minimum atomic E-state index is -1.24. The molecule has 2 rings (SSSR count). The smallest absolute Gasteiger partial charge is 0.353 e. The monoisotopic (exact) mass is 254 g/mol. The Bertz CT molecular complexity index is 610. The molecule has 0 saturated heterocycles. The maximum Gasteiger partial charge on any atom is 0.353 e. The maximum atomic E-state index is 13.9. The fourth-order valence-electron chi connectivity index (χ4n) is 1.47. The Balaban J connectivity index is 2.55. The van der Waals surface area contributed by atoms with Crippen LogP contribution >= 0.6 is 0 Å². The van der Waals surface area contributed by atoms with Crippen LogP contribution in [0.3, 0.4) is 0 Å². The van der Waals surface area contributed by atoms with E-state index in [0.717, 1.165) is 18.2 Å². The van der Waals surface area contributed by atoms with Crippen molar-refractivity contribution in [2.45, 2.75) is 0 Å². The lowest BCUT2D eigenvalue weighted by molar-refractivity contribution is 0.0690. The number of aromatic amines is 1. The predicted molar refractivity (Wildman–Crippen MR) is 57.5 cm³/mol. The van der Waals surface area contributed by atoms with E-state index < -0.39 is 17.6 Å². The molecule has 0 radical (unpaired) electrons. The van der Waals surface area contributed by atoms with Crippen molar-refractivity contribution in [3.05, 3.63) is 35.5 Å². The molecule has 0 aliphatic carbocycles. The Morgan fingerprint density at radius 1 is 1.39 bits per heavy atom. The standard InChI is InChI=1S/C11H8F2N2O3/c1-18-9-3-5(12)2-6(10(9)13)7-4-8(11(16)17)15-14-7/h2-4H,1H3,(H,14,15)(H,16,17). The van der Waals surface area contributed by atoms with E-state index in [1.807, 2.05) is 0 Å². The second-order valence-electron chi connectivity index (χ2n) is 3.44. The second kappa shape index (κ2) is 4.44. The number of hydrogen-bond donors (Lipinski definition) is 2. The second-order valence-corrected chi connectivity index (χ2v) is 3.44. The van der Waals surface area contributed by atoms with Gasteiger partial charge in [0.1, 0.15) is 11.5 Å². The van der Waals surface area contributed by atoms with Gasteiger partial charge in [0, 0.05) is 11.6 Å². The van der Waals surface area contributed by atoms with Crippen LogP contribution in [0.1, 0.15) is 10.5 Å². The highest BCUT2D eigenvalue weighted by Gasteiger charge is 2.17. The highest BCUT2D eigenvalue weighted by Crippen LogP contribution is 2.29. The molecule has 0 aliphatic rings. The average molecular weight is 254 g/mol. The van der Waals surface area contributed by atoms with Crippen LogP contribution in [0.4, 0.5) is 8.78 Å². The van der Waals surface area contributed by atoms with E-state index in [0.29, 0.717) is 0 Å². The number of nitrogens with one attached hydrogen (secondary N) is 1. The number of carboxylic acids is 1. The van der Waals surface area contributed by atoms with Crippen molar-refractivity contribution in [3.8, 4) is 17.0 Å². The minimum Gasteiger partial charge on any atom is -0.494 e. The summed E-state index contributed by atoms with van der Waals surface area (Å²) in [5.74, 6) is -3.02. The van der Waals surface area contributed by atoms with Gasteiger partial charge in [0.15, 0.2) is 11.6 Å². The summed E-state index contributed by atoms with van der Waals surface area (Å²) in [5, 5.41) is 14.5. The summed E-state index contributed by atoms with van der Waals surface area (Å²) < 4.78 is 31.8. The van der Waals surface area contributed by atoms with E-state index in [1.165, 1.54) is 7.11 Å². The number of aromatic nitrogens is 2. The number of benzene rings is 1. The van der Waals surface area contributed by atoms with E-state index in [4.69, 9.17) is 5.11 Å². The van der Waals surface area contributed by atoms with Crippen LogP contribution in [0, 0.1) is 11.6 Å². The van der Waals surface area contributed by atoms with E-state index in [1.54, 1.807) is 0 Å². The molecular formula is C11H8F2N2O3. The molecule has 0 amide bonds. The lowest BCUT2D eigenvalue weighted by Gasteiger charge is -2.05. The summed E-state index contributed by atoms with van der Waals surface area (Å²) in [6, 6.07) is 2.92. The molecule has 1 aromatic carbocycles. The summed E-state index contributed by atoms with van der Waals surface area (Å²) in [7, 11) is 1.20. The zero-order valence-corrected chi connectivity index (χ0v) is 9.20. The van der Waals surface area contributed by atoms with Crippen molar-refractivity contribution in [2.75, 3.05) is 7.11 Å². The van der Waals surface area contributed by atoms with Gasteiger partial charge in [0.2, 0.25) is 0 Å². The largest absolute Gasteiger partial charge is 0.494 e. The van der Waals surface area contributed by atoms with Gasteiger partial charge in [-0.3, -0.25) is 5.10 Å². The van der Waals surface area contributed by atoms with Gasteiger partial charge in [-0.05, 0) is 12.1 Å². The first-order valence-corrected chi connectivity index (χ1v) is 4.85. The molecule has 0 unspecified atom stereocenters. The number of carboxylic acid groups (broad SMARTS) is 1. The summed E-state index contributed by atoms with van der Waals surface area (Å²) in [6.45, 7) is 0. The molecule has 2 aromatic rings. The number of ether oxygens (including phenoxy) is 1. The van der Waals surface area contributed by atoms with Crippen molar-refractivity contribution >= 4 is 5.97 Å². The van der Waals surface area contributed by atoms with Crippen molar-refractivity contribution in [1.82, 2.24) is 10.2 Å².